The molecule has 11 nitrogen and oxygen atoms in total. The van der Waals surface area contributed by atoms with E-state index in [2.05, 4.69) is 20.3 Å². The summed E-state index contributed by atoms with van der Waals surface area (Å²) in [5, 5.41) is 33.6. The summed E-state index contributed by atoms with van der Waals surface area (Å²) in [7, 11) is 0. The first-order valence-electron chi connectivity index (χ1n) is 9.63. The predicted octanol–water partition coefficient (Wildman–Crippen LogP) is -0.219. The summed E-state index contributed by atoms with van der Waals surface area (Å²) in [4.78, 5) is 12.9. The molecule has 4 N–H and O–H groups in total. The molecule has 2 fully saturated rings. The van der Waals surface area contributed by atoms with E-state index >= 15 is 0 Å². The van der Waals surface area contributed by atoms with Gasteiger partial charge >= 0.3 is 0 Å². The molecule has 29 heavy (non-hydrogen) atoms. The molecule has 4 rings (SSSR count). The van der Waals surface area contributed by atoms with Crippen LogP contribution in [-0.2, 0) is 14.2 Å². The van der Waals surface area contributed by atoms with Gasteiger partial charge in [0.25, 0.3) is 0 Å². The average Bonchev–Trinajstić information content (AvgIpc) is 3.19. The van der Waals surface area contributed by atoms with Crippen LogP contribution >= 0.6 is 0 Å². The number of aromatic nitrogens is 4. The van der Waals surface area contributed by atoms with Crippen molar-refractivity contribution in [1.82, 2.24) is 19.5 Å². The summed E-state index contributed by atoms with van der Waals surface area (Å²) < 4.78 is 18.7. The van der Waals surface area contributed by atoms with Gasteiger partial charge in [-0.2, -0.15) is 0 Å². The zero-order valence-corrected chi connectivity index (χ0v) is 16.6. The van der Waals surface area contributed by atoms with Gasteiger partial charge in [0.05, 0.1) is 25.6 Å². The summed E-state index contributed by atoms with van der Waals surface area (Å²) in [6.07, 6.45) is 0.487. The minimum Gasteiger partial charge on any atom is -0.394 e. The lowest BCUT2D eigenvalue weighted by Crippen LogP contribution is -2.44. The van der Waals surface area contributed by atoms with Crippen molar-refractivity contribution in [3.63, 3.8) is 0 Å². The Labute approximate surface area is 167 Å². The van der Waals surface area contributed by atoms with Gasteiger partial charge in [-0.25, -0.2) is 15.0 Å². The van der Waals surface area contributed by atoms with E-state index in [-0.39, 0.29) is 6.10 Å². The number of aliphatic hydroxyl groups excluding tert-OH is 2. The van der Waals surface area contributed by atoms with Crippen LogP contribution in [-0.4, -0.2) is 84.3 Å². The smallest absolute Gasteiger partial charge is 0.168 e. The van der Waals surface area contributed by atoms with Gasteiger partial charge < -0.3 is 34.8 Å². The highest BCUT2D eigenvalue weighted by atomic mass is 16.7. The average molecular weight is 409 g/mol. The normalized spacial score (nSPS) is 34.6. The second-order valence-corrected chi connectivity index (χ2v) is 8.08. The number of imidazole rings is 1. The molecule has 0 aromatic carbocycles. The van der Waals surface area contributed by atoms with Gasteiger partial charge in [0.1, 0.15) is 24.1 Å². The highest BCUT2D eigenvalue weighted by molar-refractivity contribution is 5.82. The molecule has 4 heterocycles. The Morgan fingerprint density at radius 1 is 1.28 bits per heavy atom. The molecule has 1 unspecified atom stereocenters. The predicted molar refractivity (Wildman–Crippen MR) is 101 cm³/mol. The molecule has 0 amide bonds. The number of hydrogen-bond donors (Lipinski definition) is 4. The summed E-state index contributed by atoms with van der Waals surface area (Å²) in [6, 6.07) is 0. The van der Waals surface area contributed by atoms with E-state index in [0.717, 1.165) is 6.42 Å². The lowest BCUT2D eigenvalue weighted by molar-refractivity contribution is -0.269. The highest BCUT2D eigenvalue weighted by Crippen LogP contribution is 2.39. The second-order valence-electron chi connectivity index (χ2n) is 8.08. The molecular weight excluding hydrogens is 382 g/mol. The molecule has 11 heteroatoms. The summed E-state index contributed by atoms with van der Waals surface area (Å²) in [5.74, 6) is -0.0959. The monoisotopic (exact) mass is 409 g/mol. The molecule has 5 atom stereocenters. The SMILES string of the molecule is CC1(C)OCCC(CNc2ncnc3c2ncn3[C@@H]2O[C@H](CO)[C@@H](O)[C@@]2(C)O)O1. The Morgan fingerprint density at radius 2 is 2.07 bits per heavy atom. The Morgan fingerprint density at radius 3 is 2.76 bits per heavy atom. The van der Waals surface area contributed by atoms with Gasteiger partial charge in [-0.15, -0.1) is 0 Å². The highest BCUT2D eigenvalue weighted by Gasteiger charge is 2.53. The molecule has 2 aromatic rings. The zero-order valence-electron chi connectivity index (χ0n) is 16.6. The topological polar surface area (TPSA) is 144 Å². The van der Waals surface area contributed by atoms with Gasteiger partial charge in [-0.1, -0.05) is 0 Å². The van der Waals surface area contributed by atoms with Crippen LogP contribution in [0.5, 0.6) is 0 Å². The summed E-state index contributed by atoms with van der Waals surface area (Å²) >= 11 is 0. The van der Waals surface area contributed by atoms with E-state index in [1.54, 1.807) is 0 Å². The van der Waals surface area contributed by atoms with Crippen LogP contribution in [0, 0.1) is 0 Å². The van der Waals surface area contributed by atoms with Crippen molar-refractivity contribution in [2.45, 2.75) is 63.1 Å². The first kappa shape index (κ1) is 20.4. The van der Waals surface area contributed by atoms with Gasteiger partial charge in [-0.05, 0) is 27.2 Å². The van der Waals surface area contributed by atoms with Crippen molar-refractivity contribution in [2.75, 3.05) is 25.1 Å². The van der Waals surface area contributed by atoms with Crippen molar-refractivity contribution in [3.8, 4) is 0 Å². The standard InChI is InChI=1S/C18H27N5O6/c1-17(2)27-5-4-10(29-17)6-19-14-12-15(21-8-20-14)23(9-22-12)16-18(3,26)13(25)11(7-24)28-16/h8-11,13,16,24-26H,4-7H2,1-3H3,(H,19,20,21)/t10?,11-,13-,16-,18-/m1/s1. The molecule has 0 bridgehead atoms. The van der Waals surface area contributed by atoms with Crippen LogP contribution in [0.15, 0.2) is 12.7 Å². The van der Waals surface area contributed by atoms with Crippen LogP contribution in [0.4, 0.5) is 5.82 Å². The fraction of sp³-hybridized carbons (Fsp3) is 0.722. The number of ether oxygens (including phenoxy) is 3. The number of nitrogens with zero attached hydrogens (tertiary/aromatic N) is 4. The quantitative estimate of drug-likeness (QED) is 0.523. The van der Waals surface area contributed by atoms with Gasteiger partial charge in [-0.3, -0.25) is 4.57 Å². The van der Waals surface area contributed by atoms with E-state index in [4.69, 9.17) is 14.2 Å². The zero-order chi connectivity index (χ0) is 20.8. The maximum atomic E-state index is 10.7. The molecule has 0 aliphatic carbocycles. The van der Waals surface area contributed by atoms with Crippen LogP contribution < -0.4 is 5.32 Å². The molecule has 2 aliphatic heterocycles. The third-order valence-corrected chi connectivity index (χ3v) is 5.38. The van der Waals surface area contributed by atoms with E-state index < -0.39 is 36.4 Å². The molecular formula is C18H27N5O6. The van der Waals surface area contributed by atoms with Gasteiger partial charge in [0, 0.05) is 6.54 Å². The minimum absolute atomic E-state index is 0.0368. The fourth-order valence-electron chi connectivity index (χ4n) is 3.83. The van der Waals surface area contributed by atoms with Crippen LogP contribution in [0.3, 0.4) is 0 Å². The number of rotatable bonds is 5. The van der Waals surface area contributed by atoms with Crippen molar-refractivity contribution < 1.29 is 29.5 Å². The third kappa shape index (κ3) is 3.69. The lowest BCUT2D eigenvalue weighted by atomic mass is 9.96. The second kappa shape index (κ2) is 7.42. The number of fused-ring (bicyclic) bond motifs is 1. The fourth-order valence-corrected chi connectivity index (χ4v) is 3.83. The van der Waals surface area contributed by atoms with Crippen LogP contribution in [0.1, 0.15) is 33.4 Å². The maximum Gasteiger partial charge on any atom is 0.168 e. The Bertz CT molecular complexity index is 872. The van der Waals surface area contributed by atoms with Gasteiger partial charge in [0.15, 0.2) is 29.0 Å². The molecule has 0 spiro atoms. The largest absolute Gasteiger partial charge is 0.394 e. The first-order valence-corrected chi connectivity index (χ1v) is 9.63. The van der Waals surface area contributed by atoms with E-state index in [1.165, 1.54) is 24.1 Å². The molecule has 2 aliphatic rings. The summed E-state index contributed by atoms with van der Waals surface area (Å²) in [6.45, 7) is 5.94. The maximum absolute atomic E-state index is 10.7. The molecule has 2 saturated heterocycles. The van der Waals surface area contributed by atoms with E-state index in [1.807, 2.05) is 13.8 Å². The van der Waals surface area contributed by atoms with Gasteiger partial charge in [0.2, 0.25) is 0 Å². The van der Waals surface area contributed by atoms with Crippen molar-refractivity contribution in [2.24, 2.45) is 0 Å². The molecule has 160 valence electrons. The van der Waals surface area contributed by atoms with E-state index in [0.29, 0.717) is 30.1 Å². The molecule has 0 saturated carbocycles. The number of nitrogens with one attached hydrogen (secondary N) is 1. The van der Waals surface area contributed by atoms with E-state index in [9.17, 15) is 15.3 Å². The number of aliphatic hydroxyl groups is 3. The van der Waals surface area contributed by atoms with Crippen molar-refractivity contribution in [3.05, 3.63) is 12.7 Å². The lowest BCUT2D eigenvalue weighted by Gasteiger charge is -2.36. The Kier molecular flexibility index (Phi) is 5.21. The Balaban J connectivity index is 1.56. The molecule has 0 radical (unpaired) electrons. The van der Waals surface area contributed by atoms with Crippen LogP contribution in [0.25, 0.3) is 11.2 Å². The minimum atomic E-state index is -1.62. The van der Waals surface area contributed by atoms with Crippen LogP contribution in [0.2, 0.25) is 0 Å². The number of hydrogen-bond acceptors (Lipinski definition) is 10. The van der Waals surface area contributed by atoms with Crippen molar-refractivity contribution in [1.29, 1.82) is 0 Å². The first-order chi connectivity index (χ1) is 13.7. The molecule has 2 aromatic heterocycles. The third-order valence-electron chi connectivity index (χ3n) is 5.38. The Hall–Kier alpha value is -1.89. The summed E-state index contributed by atoms with van der Waals surface area (Å²) in [5.41, 5.74) is -0.687. The number of anilines is 1. The van der Waals surface area contributed by atoms with Crippen molar-refractivity contribution >= 4 is 17.0 Å².